The third kappa shape index (κ3) is 17.6. The molecule has 0 bridgehead atoms. The van der Waals surface area contributed by atoms with Gasteiger partial charge in [-0.1, -0.05) is 0 Å². The molecule has 0 heterocycles. The number of carboxylic acid groups (broad SMARTS) is 1. The summed E-state index contributed by atoms with van der Waals surface area (Å²) in [5.41, 5.74) is 0. The van der Waals surface area contributed by atoms with Crippen LogP contribution in [-0.2, 0) is 21.3 Å². The van der Waals surface area contributed by atoms with Gasteiger partial charge in [0.15, 0.2) is 0 Å². The van der Waals surface area contributed by atoms with Gasteiger partial charge in [-0.05, 0) is 0 Å². The van der Waals surface area contributed by atoms with Crippen LogP contribution in [0.1, 0.15) is 0 Å². The van der Waals surface area contributed by atoms with Gasteiger partial charge in [0.1, 0.15) is 0 Å². The molecule has 70 valence electrons. The number of rotatable bonds is 0. The normalized spacial score (nSPS) is 8.27. The molecule has 0 aromatic heterocycles. The van der Waals surface area contributed by atoms with Crippen molar-refractivity contribution in [1.29, 1.82) is 0 Å². The molecule has 0 fully saturated rings. The number of hydrogen-bond acceptors (Lipinski definition) is 1. The van der Waals surface area contributed by atoms with E-state index in [1.165, 1.54) is 6.08 Å². The molecule has 0 saturated carbocycles. The first kappa shape index (κ1) is 16.8. The van der Waals surface area contributed by atoms with Crippen molar-refractivity contribution in [3.63, 3.8) is 0 Å². The van der Waals surface area contributed by atoms with Crippen molar-refractivity contribution in [3.05, 3.63) is 19.6 Å². The quantitative estimate of drug-likeness (QED) is 0.491. The van der Waals surface area contributed by atoms with Crippen LogP contribution in [0.5, 0.6) is 0 Å². The van der Waals surface area contributed by atoms with Gasteiger partial charge in [-0.25, -0.2) is 24.4 Å². The Hall–Kier alpha value is -0.636. The molecule has 0 aromatic rings. The molecule has 0 aliphatic carbocycles. The minimum absolute atomic E-state index is 0. The Balaban J connectivity index is -0.000000140. The SMILES string of the molecule is C=C[CH2-].O=C(O)C(F)(F)F.[Ni]. The van der Waals surface area contributed by atoms with E-state index < -0.39 is 12.1 Å². The summed E-state index contributed by atoms with van der Waals surface area (Å²) in [6.45, 7) is 6.50. The molecule has 0 spiro atoms. The van der Waals surface area contributed by atoms with Gasteiger partial charge in [-0.15, -0.1) is 0 Å². The molecule has 0 aliphatic rings. The second-order valence-corrected chi connectivity index (χ2v) is 1.09. The van der Waals surface area contributed by atoms with Crippen molar-refractivity contribution in [3.8, 4) is 0 Å². The summed E-state index contributed by atoms with van der Waals surface area (Å²) in [6, 6.07) is 0. The van der Waals surface area contributed by atoms with Gasteiger partial charge in [0.25, 0.3) is 0 Å². The molecule has 0 unspecified atom stereocenters. The fourth-order valence-electron chi connectivity index (χ4n) is 0. The molecule has 0 rings (SSSR count). The third-order valence-corrected chi connectivity index (χ3v) is 0.243. The molecule has 0 saturated heterocycles. The van der Waals surface area contributed by atoms with Gasteiger partial charge in [0.2, 0.25) is 0 Å². The molecule has 2 nitrogen and oxygen atoms in total. The maximum absolute atomic E-state index is 10.6. The van der Waals surface area contributed by atoms with Gasteiger partial charge in [-0.3, -0.25) is 0 Å². The first-order valence-electron chi connectivity index (χ1n) is 2.06. The zero-order valence-corrected chi connectivity index (χ0v) is 6.28. The Labute approximate surface area is 72.0 Å². The second kappa shape index (κ2) is 7.47. The van der Waals surface area contributed by atoms with Crippen LogP contribution in [-0.4, -0.2) is 17.3 Å². The van der Waals surface area contributed by atoms with E-state index in [1.54, 1.807) is 0 Å². The molecular weight excluding hydrogens is 208 g/mol. The molecule has 1 N–H and O–H groups in total. The Morgan fingerprint density at radius 1 is 1.55 bits per heavy atom. The Morgan fingerprint density at radius 3 is 1.64 bits per heavy atom. The minimum atomic E-state index is -5.08. The minimum Gasteiger partial charge on any atom is -0.475 e. The fourth-order valence-corrected chi connectivity index (χ4v) is 0. The molecule has 0 aromatic carbocycles. The maximum Gasteiger partial charge on any atom is 0.490 e. The number of carboxylic acids is 1. The number of carbonyl (C=O) groups is 1. The molecule has 6 heteroatoms. The van der Waals surface area contributed by atoms with Crippen LogP contribution in [0.2, 0.25) is 0 Å². The van der Waals surface area contributed by atoms with Crippen LogP contribution in [0.4, 0.5) is 13.2 Å². The third-order valence-electron chi connectivity index (χ3n) is 0.243. The van der Waals surface area contributed by atoms with E-state index in [0.29, 0.717) is 0 Å². The molecule has 0 aliphatic heterocycles. The molecular formula is C5H6F3NiO2-. The van der Waals surface area contributed by atoms with Gasteiger partial charge < -0.3 is 5.11 Å². The largest absolute Gasteiger partial charge is 0.490 e. The summed E-state index contributed by atoms with van der Waals surface area (Å²) < 4.78 is 31.7. The predicted octanol–water partition coefficient (Wildman–Crippen LogP) is 1.64. The van der Waals surface area contributed by atoms with E-state index >= 15 is 0 Å². The van der Waals surface area contributed by atoms with Crippen LogP contribution in [0.3, 0.4) is 0 Å². The predicted molar refractivity (Wildman–Crippen MR) is 29.2 cm³/mol. The zero-order valence-electron chi connectivity index (χ0n) is 5.30. The van der Waals surface area contributed by atoms with Crippen LogP contribution in [0, 0.1) is 6.92 Å². The summed E-state index contributed by atoms with van der Waals surface area (Å²) in [4.78, 5) is 8.90. The summed E-state index contributed by atoms with van der Waals surface area (Å²) >= 11 is 0. The number of alkyl halides is 3. The van der Waals surface area contributed by atoms with Gasteiger partial charge in [0.05, 0.1) is 0 Å². The van der Waals surface area contributed by atoms with E-state index in [4.69, 9.17) is 9.90 Å². The smallest absolute Gasteiger partial charge is 0.475 e. The topological polar surface area (TPSA) is 37.3 Å². The van der Waals surface area contributed by atoms with E-state index in [-0.39, 0.29) is 16.5 Å². The maximum atomic E-state index is 10.6. The summed E-state index contributed by atoms with van der Waals surface area (Å²) in [5.74, 6) is -2.76. The fraction of sp³-hybridized carbons (Fsp3) is 0.200. The second-order valence-electron chi connectivity index (χ2n) is 1.09. The van der Waals surface area contributed by atoms with Crippen molar-refractivity contribution in [1.82, 2.24) is 0 Å². The van der Waals surface area contributed by atoms with Crippen molar-refractivity contribution in [2.45, 2.75) is 6.18 Å². The summed E-state index contributed by atoms with van der Waals surface area (Å²) in [6.07, 6.45) is -3.58. The zero-order chi connectivity index (χ0) is 8.78. The molecule has 11 heavy (non-hydrogen) atoms. The first-order chi connectivity index (χ1) is 4.36. The number of hydrogen-bond donors (Lipinski definition) is 1. The summed E-state index contributed by atoms with van der Waals surface area (Å²) in [5, 5.41) is 7.12. The molecule has 0 radical (unpaired) electrons. The van der Waals surface area contributed by atoms with E-state index in [0.717, 1.165) is 0 Å². The molecule has 0 amide bonds. The average Bonchev–Trinajstić information content (AvgIpc) is 1.64. The Bertz CT molecular complexity index is 121. The average molecular weight is 214 g/mol. The summed E-state index contributed by atoms with van der Waals surface area (Å²) in [7, 11) is 0. The number of allylic oxidation sites excluding steroid dienone is 1. The molecule has 0 atom stereocenters. The van der Waals surface area contributed by atoms with E-state index in [1.807, 2.05) is 0 Å². The van der Waals surface area contributed by atoms with Crippen LogP contribution in [0.25, 0.3) is 0 Å². The van der Waals surface area contributed by atoms with E-state index in [2.05, 4.69) is 13.5 Å². The van der Waals surface area contributed by atoms with Gasteiger partial charge in [-0.2, -0.15) is 13.2 Å². The van der Waals surface area contributed by atoms with Gasteiger partial charge >= 0.3 is 12.1 Å². The first-order valence-corrected chi connectivity index (χ1v) is 2.06. The number of aliphatic carboxylic acids is 1. The standard InChI is InChI=1S/C3H5.C2HF3O2.Ni/c1-3-2;3-2(4,5)1(6)7;/h3H,1-2H2;(H,6,7);/q-1;;. The Kier molecular flexibility index (Phi) is 11.4. The Morgan fingerprint density at radius 2 is 1.64 bits per heavy atom. The van der Waals surface area contributed by atoms with Crippen LogP contribution >= 0.6 is 0 Å². The van der Waals surface area contributed by atoms with Crippen LogP contribution in [0.15, 0.2) is 12.7 Å². The number of halogens is 3. The van der Waals surface area contributed by atoms with Crippen molar-refractivity contribution in [2.75, 3.05) is 0 Å². The van der Waals surface area contributed by atoms with Crippen LogP contribution < -0.4 is 0 Å². The van der Waals surface area contributed by atoms with Crippen molar-refractivity contribution >= 4 is 5.97 Å². The van der Waals surface area contributed by atoms with Crippen molar-refractivity contribution < 1.29 is 39.6 Å². The van der Waals surface area contributed by atoms with Crippen molar-refractivity contribution in [2.24, 2.45) is 0 Å². The monoisotopic (exact) mass is 213 g/mol. The van der Waals surface area contributed by atoms with E-state index in [9.17, 15) is 13.2 Å². The van der Waals surface area contributed by atoms with Gasteiger partial charge in [0, 0.05) is 16.5 Å².